The summed E-state index contributed by atoms with van der Waals surface area (Å²) < 4.78 is 8.87. The van der Waals surface area contributed by atoms with Crippen LogP contribution in [0.1, 0.15) is 32.1 Å². The van der Waals surface area contributed by atoms with E-state index in [4.69, 9.17) is 32.8 Å². The van der Waals surface area contributed by atoms with Gasteiger partial charge in [-0.15, -0.1) is 0 Å². The van der Waals surface area contributed by atoms with Crippen LogP contribution in [0, 0.1) is 0 Å². The Labute approximate surface area is 138 Å². The topological polar surface area (TPSA) is 211 Å². The molecular weight excluding hydrogens is 324 g/mol. The van der Waals surface area contributed by atoms with E-state index >= 15 is 0 Å². The summed E-state index contributed by atoms with van der Waals surface area (Å²) in [6.45, 7) is 0.0388. The monoisotopic (exact) mass is 348 g/mol. The molecule has 11 nitrogen and oxygen atoms in total. The number of carboxylic acid groups (broad SMARTS) is 1. The van der Waals surface area contributed by atoms with Crippen molar-refractivity contribution in [1.29, 1.82) is 0 Å². The number of nitrogens with two attached hydrogens (primary N) is 4. The summed E-state index contributed by atoms with van der Waals surface area (Å²) in [5.74, 6) is -5.72. The second-order valence-corrected chi connectivity index (χ2v) is 5.07. The largest absolute Gasteiger partial charge is 0.480 e. The van der Waals surface area contributed by atoms with Crippen molar-refractivity contribution in [2.75, 3.05) is 6.61 Å². The highest BCUT2D eigenvalue weighted by molar-refractivity contribution is 6.07. The van der Waals surface area contributed by atoms with E-state index < -0.39 is 36.0 Å². The molecule has 0 fully saturated rings. The van der Waals surface area contributed by atoms with Crippen molar-refractivity contribution >= 4 is 23.9 Å². The third-order valence-corrected chi connectivity index (χ3v) is 2.91. The maximum Gasteiger partial charge on any atom is 0.342 e. The van der Waals surface area contributed by atoms with Gasteiger partial charge in [0.15, 0.2) is 0 Å². The number of aliphatic carboxylic acids is 1. The van der Waals surface area contributed by atoms with E-state index in [-0.39, 0.29) is 12.8 Å². The number of unbranched alkanes of at least 4 members (excludes halogenated alkanes) is 3. The number of carbonyl (C=O) groups is 4. The molecule has 0 rings (SSSR count). The fourth-order valence-electron chi connectivity index (χ4n) is 1.52. The second kappa shape index (κ2) is 11.5. The van der Waals surface area contributed by atoms with E-state index in [9.17, 15) is 19.2 Å². The Kier molecular flexibility index (Phi) is 10.5. The van der Waals surface area contributed by atoms with Crippen molar-refractivity contribution < 1.29 is 33.8 Å². The van der Waals surface area contributed by atoms with Crippen molar-refractivity contribution in [2.45, 2.75) is 50.4 Å². The van der Waals surface area contributed by atoms with Crippen LogP contribution in [0.25, 0.3) is 0 Å². The minimum Gasteiger partial charge on any atom is -0.480 e. The molecule has 0 bridgehead atoms. The molecule has 0 radical (unpaired) electrons. The van der Waals surface area contributed by atoms with Gasteiger partial charge in [0.2, 0.25) is 12.1 Å². The van der Waals surface area contributed by atoms with Crippen molar-refractivity contribution in [3.05, 3.63) is 0 Å². The number of carbonyl (C=O) groups excluding carboxylic acids is 3. The second-order valence-electron chi connectivity index (χ2n) is 5.07. The highest BCUT2D eigenvalue weighted by Crippen LogP contribution is 2.04. The number of esters is 3. The van der Waals surface area contributed by atoms with Crippen molar-refractivity contribution in [3.8, 4) is 0 Å². The van der Waals surface area contributed by atoms with Crippen LogP contribution in [0.3, 0.4) is 0 Å². The Morgan fingerprint density at radius 2 is 1.33 bits per heavy atom. The van der Waals surface area contributed by atoms with Gasteiger partial charge < -0.3 is 37.5 Å². The van der Waals surface area contributed by atoms with Crippen LogP contribution in [0.2, 0.25) is 0 Å². The Bertz CT molecular complexity index is 456. The molecular formula is C13H24N4O7. The van der Waals surface area contributed by atoms with Gasteiger partial charge in [-0.1, -0.05) is 19.3 Å². The molecule has 0 aliphatic heterocycles. The van der Waals surface area contributed by atoms with Crippen molar-refractivity contribution in [1.82, 2.24) is 0 Å². The summed E-state index contributed by atoms with van der Waals surface area (Å²) in [4.78, 5) is 44.5. The first-order valence-electron chi connectivity index (χ1n) is 7.34. The van der Waals surface area contributed by atoms with Crippen LogP contribution in [-0.2, 0) is 28.7 Å². The average molecular weight is 348 g/mol. The molecule has 24 heavy (non-hydrogen) atoms. The van der Waals surface area contributed by atoms with Crippen LogP contribution in [0.5, 0.6) is 0 Å². The summed E-state index contributed by atoms with van der Waals surface area (Å²) in [7, 11) is 0. The minimum atomic E-state index is -2.04. The Morgan fingerprint density at radius 1 is 0.792 bits per heavy atom. The molecule has 0 saturated heterocycles. The highest BCUT2D eigenvalue weighted by atomic mass is 16.6. The lowest BCUT2D eigenvalue weighted by atomic mass is 10.1. The van der Waals surface area contributed by atoms with Gasteiger partial charge in [0, 0.05) is 0 Å². The van der Waals surface area contributed by atoms with Gasteiger partial charge in [-0.25, -0.2) is 19.2 Å². The zero-order chi connectivity index (χ0) is 18.7. The first-order valence-corrected chi connectivity index (χ1v) is 7.34. The van der Waals surface area contributed by atoms with Gasteiger partial charge in [0.05, 0.1) is 12.8 Å². The molecule has 0 saturated carbocycles. The first-order chi connectivity index (χ1) is 11.2. The van der Waals surface area contributed by atoms with E-state index in [0.717, 1.165) is 19.3 Å². The number of carboxylic acids is 1. The molecule has 2 unspecified atom stereocenters. The normalized spacial score (nSPS) is 13.2. The van der Waals surface area contributed by atoms with Crippen LogP contribution in [0.15, 0.2) is 0 Å². The van der Waals surface area contributed by atoms with Crippen LogP contribution in [0.4, 0.5) is 0 Å². The number of rotatable bonds is 11. The quantitative estimate of drug-likeness (QED) is 0.114. The summed E-state index contributed by atoms with van der Waals surface area (Å²) in [6, 6.07) is -3.90. The molecule has 2 atom stereocenters. The Hall–Kier alpha value is -2.08. The van der Waals surface area contributed by atoms with Gasteiger partial charge in [-0.2, -0.15) is 0 Å². The van der Waals surface area contributed by atoms with E-state index in [1.54, 1.807) is 0 Å². The van der Waals surface area contributed by atoms with Gasteiger partial charge in [-0.05, 0) is 12.8 Å². The summed E-state index contributed by atoms with van der Waals surface area (Å²) >= 11 is 0. The molecule has 0 aromatic carbocycles. The standard InChI is InChI=1S/C13H24N4O7/c14-7(15)5-3-1-2-4-6-23-11(20)9(17)13(22)24-12(21)8(16)10(18)19/h7-9H,1-6,14-17H2,(H,18,19). The van der Waals surface area contributed by atoms with Crippen LogP contribution >= 0.6 is 0 Å². The molecule has 0 heterocycles. The van der Waals surface area contributed by atoms with E-state index in [1.165, 1.54) is 0 Å². The predicted molar refractivity (Wildman–Crippen MR) is 80.9 cm³/mol. The zero-order valence-electron chi connectivity index (χ0n) is 13.2. The van der Waals surface area contributed by atoms with E-state index in [2.05, 4.69) is 4.74 Å². The summed E-state index contributed by atoms with van der Waals surface area (Å²) in [6.07, 6.45) is 3.38. The van der Waals surface area contributed by atoms with E-state index in [1.807, 2.05) is 0 Å². The van der Waals surface area contributed by atoms with Gasteiger partial charge in [0.25, 0.3) is 0 Å². The Morgan fingerprint density at radius 3 is 1.88 bits per heavy atom. The summed E-state index contributed by atoms with van der Waals surface area (Å²) in [5.41, 5.74) is 21.0. The lowest BCUT2D eigenvalue weighted by Gasteiger charge is -2.11. The third-order valence-electron chi connectivity index (χ3n) is 2.91. The predicted octanol–water partition coefficient (Wildman–Crippen LogP) is -2.47. The van der Waals surface area contributed by atoms with Gasteiger partial charge >= 0.3 is 23.9 Å². The molecule has 9 N–H and O–H groups in total. The fraction of sp³-hybridized carbons (Fsp3) is 0.692. The van der Waals surface area contributed by atoms with Gasteiger partial charge in [-0.3, -0.25) is 0 Å². The maximum absolute atomic E-state index is 11.5. The number of hydrogen-bond acceptors (Lipinski definition) is 10. The SMILES string of the molecule is NC(N)CCCCCCOC(=O)C(N)C(=O)OC(=O)C(N)C(=O)O. The zero-order valence-corrected chi connectivity index (χ0v) is 13.2. The smallest absolute Gasteiger partial charge is 0.342 e. The third kappa shape index (κ3) is 9.15. The van der Waals surface area contributed by atoms with Gasteiger partial charge in [0.1, 0.15) is 0 Å². The lowest BCUT2D eigenvalue weighted by molar-refractivity contribution is -0.166. The molecule has 0 amide bonds. The van der Waals surface area contributed by atoms with E-state index in [0.29, 0.717) is 12.8 Å². The molecule has 0 spiro atoms. The van der Waals surface area contributed by atoms with Crippen molar-refractivity contribution in [3.63, 3.8) is 0 Å². The molecule has 11 heteroatoms. The molecule has 0 aromatic heterocycles. The maximum atomic E-state index is 11.5. The van der Waals surface area contributed by atoms with Crippen LogP contribution in [-0.4, -0.2) is 53.8 Å². The highest BCUT2D eigenvalue weighted by Gasteiger charge is 2.31. The minimum absolute atomic E-state index is 0.0388. The molecule has 0 aromatic rings. The average Bonchev–Trinajstić information content (AvgIpc) is 2.51. The lowest BCUT2D eigenvalue weighted by Crippen LogP contribution is -2.46. The molecule has 0 aliphatic rings. The number of ether oxygens (including phenoxy) is 2. The fourth-order valence-corrected chi connectivity index (χ4v) is 1.52. The first kappa shape index (κ1) is 21.9. The summed E-state index contributed by atoms with van der Waals surface area (Å²) in [5, 5.41) is 8.47. The molecule has 138 valence electrons. The number of hydrogen-bond donors (Lipinski definition) is 5. The molecule has 0 aliphatic carbocycles. The Balaban J connectivity index is 3.99. The van der Waals surface area contributed by atoms with Crippen molar-refractivity contribution in [2.24, 2.45) is 22.9 Å². The van der Waals surface area contributed by atoms with Crippen LogP contribution < -0.4 is 22.9 Å².